The summed E-state index contributed by atoms with van der Waals surface area (Å²) >= 11 is 0. The fourth-order valence-corrected chi connectivity index (χ4v) is 40.1. The van der Waals surface area contributed by atoms with Crippen molar-refractivity contribution < 1.29 is 74.3 Å². The molecular formula is C133H206O15. The zero-order chi connectivity index (χ0) is 107. The van der Waals surface area contributed by atoms with E-state index in [0.29, 0.717) is 104 Å². The summed E-state index contributed by atoms with van der Waals surface area (Å²) in [4.78, 5) is 57.8. The molecule has 6 N–H and O–H groups in total. The van der Waals surface area contributed by atoms with Crippen LogP contribution < -0.4 is 0 Å². The second-order valence-corrected chi connectivity index (χ2v) is 58.0. The first-order valence-electron chi connectivity index (χ1n) is 60.4. The molecule has 0 aliphatic heterocycles. The zero-order valence-electron chi connectivity index (χ0n) is 96.2. The molecule has 0 amide bonds. The summed E-state index contributed by atoms with van der Waals surface area (Å²) in [6.07, 6.45) is 73.1. The molecule has 828 valence electrons. The molecule has 12 fully saturated rings. The number of ether oxygens (including phenoxy) is 3. The van der Waals surface area contributed by atoms with E-state index in [2.05, 4.69) is 237 Å². The lowest BCUT2D eigenvalue weighted by Gasteiger charge is -2.61. The number of fused-ring (bicyclic) bond motifs is 18. The molecule has 0 bridgehead atoms. The molecule has 36 atom stereocenters. The smallest absolute Gasteiger partial charge is 0.312 e. The van der Waals surface area contributed by atoms with Gasteiger partial charge in [-0.15, -0.1) is 39.5 Å². The van der Waals surface area contributed by atoms with Gasteiger partial charge < -0.3 is 29.5 Å². The second kappa shape index (κ2) is 43.7. The van der Waals surface area contributed by atoms with Crippen molar-refractivity contribution >= 4 is 17.9 Å². The molecular weight excluding hydrogens is 1840 g/mol. The summed E-state index contributed by atoms with van der Waals surface area (Å²) in [7, 11) is 0. The predicted molar refractivity (Wildman–Crippen MR) is 597 cm³/mol. The molecule has 15 heteroatoms. The van der Waals surface area contributed by atoms with Crippen molar-refractivity contribution in [2.45, 2.75) is 476 Å². The second-order valence-electron chi connectivity index (χ2n) is 58.0. The van der Waals surface area contributed by atoms with Crippen molar-refractivity contribution in [2.24, 2.45) is 168 Å². The first kappa shape index (κ1) is 115. The Hall–Kier alpha value is -5.07. The molecule has 36 unspecified atom stereocenters. The fraction of sp³-hybridized carbons (Fsp3) is 0.797. The number of carbonyl (C=O) groups excluding carboxylic acids is 3. The van der Waals surface area contributed by atoms with E-state index in [4.69, 9.17) is 28.9 Å². The van der Waals surface area contributed by atoms with Crippen LogP contribution in [-0.2, 0) is 43.3 Å². The number of aliphatic hydroxyl groups is 3. The number of esters is 3. The summed E-state index contributed by atoms with van der Waals surface area (Å²) in [5.41, 5.74) is 8.84. The molecule has 0 heterocycles. The standard InChI is InChI=1S/C45H70O5.2C44H68O5/c1-9-40(4)25-18-34-31(29-40)14-17-37-42(34,6)22-13-24-44(37,8)39(47)49-27-20-33(46)28-38(50-48)43(7)23-12-21-41(5)35-19-26-45(10-2,11-3)30-32(35)15-16-36(41)43;2*1-9-39(3)24-17-33-30(28-39)13-15-35-41(33,5)20-11-22-43(35,7)37(49-47)27-32(45)19-26-48-38(46)44(8)23-12-21-42(6)34-18-25-40(4,10-2)29-31(34)14-16-36(42)44/h9-10,14-15,33-38,46,48H,1-2,11-13,16-30H2,3-8H3;2*9-10,28-29,32-37,45,47H,1-2,11-27H2,3-8H3. The number of allylic oxidation sites excluding steroid dienone is 18. The van der Waals surface area contributed by atoms with Crippen molar-refractivity contribution in [3.8, 4) is 0 Å². The first-order chi connectivity index (χ1) is 69.8. The summed E-state index contributed by atoms with van der Waals surface area (Å²) in [5, 5.41) is 65.1. The molecule has 12 saturated carbocycles. The molecule has 18 aliphatic carbocycles. The van der Waals surface area contributed by atoms with E-state index < -0.39 is 52.9 Å². The monoisotopic (exact) mass is 2040 g/mol. The van der Waals surface area contributed by atoms with Crippen molar-refractivity contribution in [3.63, 3.8) is 0 Å². The van der Waals surface area contributed by atoms with Gasteiger partial charge >= 0.3 is 17.9 Å². The lowest BCUT2D eigenvalue weighted by Crippen LogP contribution is -2.56. The Morgan fingerprint density at radius 1 is 0.318 bits per heavy atom. The molecule has 0 aromatic rings. The quantitative estimate of drug-likeness (QED) is 0.0125. The molecule has 148 heavy (non-hydrogen) atoms. The number of aliphatic hydroxyl groups excluding tert-OH is 3. The van der Waals surface area contributed by atoms with Gasteiger partial charge in [0, 0.05) is 76.4 Å². The van der Waals surface area contributed by atoms with Gasteiger partial charge in [0.05, 0.1) is 54.4 Å². The summed E-state index contributed by atoms with van der Waals surface area (Å²) in [6.45, 7) is 67.4. The molecule has 0 spiro atoms. The topological polar surface area (TPSA) is 228 Å². The van der Waals surface area contributed by atoms with E-state index in [1.54, 1.807) is 33.4 Å². The highest BCUT2D eigenvalue weighted by Crippen LogP contribution is 2.74. The fourth-order valence-electron chi connectivity index (χ4n) is 40.1. The van der Waals surface area contributed by atoms with Crippen molar-refractivity contribution in [2.75, 3.05) is 19.8 Å². The molecule has 0 aromatic heterocycles. The molecule has 0 aromatic carbocycles. The van der Waals surface area contributed by atoms with Crippen molar-refractivity contribution in [3.05, 3.63) is 146 Å². The van der Waals surface area contributed by atoms with E-state index >= 15 is 0 Å². The highest BCUT2D eigenvalue weighted by molar-refractivity contribution is 5.79. The minimum absolute atomic E-state index is 0.0850. The van der Waals surface area contributed by atoms with Crippen LogP contribution in [0.1, 0.15) is 439 Å². The maximum Gasteiger partial charge on any atom is 0.312 e. The van der Waals surface area contributed by atoms with Gasteiger partial charge in [0.25, 0.3) is 0 Å². The molecule has 0 saturated heterocycles. The summed E-state index contributed by atoms with van der Waals surface area (Å²) in [6, 6.07) is 0. The number of hydrogen-bond donors (Lipinski definition) is 6. The highest BCUT2D eigenvalue weighted by atomic mass is 17.1. The third-order valence-electron chi connectivity index (χ3n) is 49.6. The van der Waals surface area contributed by atoms with Crippen molar-refractivity contribution in [1.29, 1.82) is 0 Å². The van der Waals surface area contributed by atoms with Crippen LogP contribution in [0.2, 0.25) is 0 Å². The van der Waals surface area contributed by atoms with E-state index in [1.165, 1.54) is 83.5 Å². The average molecular weight is 2050 g/mol. The third-order valence-corrected chi connectivity index (χ3v) is 49.6. The Labute approximate surface area is 896 Å². The Morgan fingerprint density at radius 3 is 0.905 bits per heavy atom. The molecule has 18 aliphatic rings. The normalized spacial score (nSPS) is 45.7. The minimum atomic E-state index is -0.724. The van der Waals surface area contributed by atoms with Gasteiger partial charge in [-0.05, 0) is 373 Å². The maximum absolute atomic E-state index is 14.0. The van der Waals surface area contributed by atoms with Crippen LogP contribution in [0, 0.1) is 168 Å². The van der Waals surface area contributed by atoms with Gasteiger partial charge in [-0.3, -0.25) is 30.2 Å². The Bertz CT molecular complexity index is 4820. The maximum atomic E-state index is 14.0. The van der Waals surface area contributed by atoms with Crippen LogP contribution in [-0.4, -0.2) is 105 Å². The Balaban J connectivity index is 0.000000158. The zero-order valence-corrected chi connectivity index (χ0v) is 96.2. The van der Waals surface area contributed by atoms with Crippen LogP contribution in [0.5, 0.6) is 0 Å². The third kappa shape index (κ3) is 20.8. The van der Waals surface area contributed by atoms with Gasteiger partial charge in [0.15, 0.2) is 0 Å². The van der Waals surface area contributed by atoms with E-state index in [9.17, 15) is 45.5 Å². The summed E-state index contributed by atoms with van der Waals surface area (Å²) < 4.78 is 18.2. The van der Waals surface area contributed by atoms with Gasteiger partial charge in [0.1, 0.15) is 18.3 Å². The van der Waals surface area contributed by atoms with Gasteiger partial charge in [-0.25, -0.2) is 14.7 Å². The Kier molecular flexibility index (Phi) is 34.1. The Morgan fingerprint density at radius 2 is 0.588 bits per heavy atom. The molecule has 0 radical (unpaired) electrons. The lowest BCUT2D eigenvalue weighted by molar-refractivity contribution is -0.323. The largest absolute Gasteiger partial charge is 0.465 e. The SMILES string of the molecule is C=CC1(C)C=C2CCC3C(C)(C(=O)OCCC(O)CC(OO)C4(C)CCCC5(C)C6CCC(C)(C=C)C=C6CCC45)CCCC3(C)C2CC1.C=CC1(C)C=C2CCC3C(C)(C(=O)OCCC(O)CC(OO)C4(C)CCCC5(C)C6CCC(C)(C=C)C=C6CCC45)CCCC3(C)C2CC1.C=CC1(C)CCC2C(=CCC3C(C)(C(=O)OCCC(O)CC(OO)C4(C)CCCC5(C)C6CCC(C=C)(CC)CC6=CCC45)CCCC23C)C1. The van der Waals surface area contributed by atoms with E-state index in [-0.39, 0.29) is 125 Å². The van der Waals surface area contributed by atoms with E-state index in [0.717, 1.165) is 193 Å². The van der Waals surface area contributed by atoms with Gasteiger partial charge in [0.2, 0.25) is 0 Å². The van der Waals surface area contributed by atoms with Crippen molar-refractivity contribution in [1.82, 2.24) is 0 Å². The number of hydrogen-bond acceptors (Lipinski definition) is 15. The van der Waals surface area contributed by atoms with Crippen LogP contribution in [0.15, 0.2) is 146 Å². The number of carbonyl (C=O) groups is 3. The summed E-state index contributed by atoms with van der Waals surface area (Å²) in [5.74, 6) is 5.04. The molecule has 15 nitrogen and oxygen atoms in total. The van der Waals surface area contributed by atoms with Crippen LogP contribution in [0.3, 0.4) is 0 Å². The average Bonchev–Trinajstić information content (AvgIpc) is 0.733. The van der Waals surface area contributed by atoms with Gasteiger partial charge in [-0.1, -0.05) is 249 Å². The highest BCUT2D eigenvalue weighted by Gasteiger charge is 2.67. The van der Waals surface area contributed by atoms with Crippen LogP contribution in [0.25, 0.3) is 0 Å². The van der Waals surface area contributed by atoms with Crippen LogP contribution in [0.4, 0.5) is 0 Å². The van der Waals surface area contributed by atoms with Crippen LogP contribution >= 0.6 is 0 Å². The lowest BCUT2D eigenvalue weighted by atomic mass is 9.44. The predicted octanol–water partition coefficient (Wildman–Crippen LogP) is 32.8. The first-order valence-corrected chi connectivity index (χ1v) is 60.4. The van der Waals surface area contributed by atoms with E-state index in [1.807, 2.05) is 0 Å². The number of rotatable bonds is 31. The minimum Gasteiger partial charge on any atom is -0.465 e. The van der Waals surface area contributed by atoms with Gasteiger partial charge in [-0.2, -0.15) is 0 Å². The molecule has 18 rings (SSSR count).